The van der Waals surface area contributed by atoms with E-state index in [4.69, 9.17) is 9.73 Å². The van der Waals surface area contributed by atoms with E-state index in [2.05, 4.69) is 10.6 Å². The number of fused-ring (bicyclic) bond motifs is 2. The predicted molar refractivity (Wildman–Crippen MR) is 103 cm³/mol. The molecule has 3 heterocycles. The fraction of sp³-hybridized carbons (Fsp3) is 0.947. The van der Waals surface area contributed by atoms with Gasteiger partial charge in [0.25, 0.3) is 0 Å². The van der Waals surface area contributed by atoms with E-state index in [1.165, 1.54) is 38.5 Å². The zero-order valence-corrected chi connectivity index (χ0v) is 16.5. The molecule has 0 aromatic heterocycles. The lowest BCUT2D eigenvalue weighted by Crippen LogP contribution is -2.48. The number of aliphatic imine (C=N–C) groups is 1. The first-order chi connectivity index (χ1) is 12.6. The molecule has 3 aliphatic heterocycles. The smallest absolute Gasteiger partial charge is 0.191 e. The van der Waals surface area contributed by atoms with Crippen molar-refractivity contribution in [3.8, 4) is 0 Å². The summed E-state index contributed by atoms with van der Waals surface area (Å²) in [7, 11) is -2.83. The Balaban J connectivity index is 1.34. The van der Waals surface area contributed by atoms with Gasteiger partial charge in [0.1, 0.15) is 0 Å². The van der Waals surface area contributed by atoms with Crippen LogP contribution in [0.25, 0.3) is 0 Å². The van der Waals surface area contributed by atoms with E-state index in [1.807, 2.05) is 0 Å². The molecule has 0 aromatic rings. The zero-order valence-electron chi connectivity index (χ0n) is 15.7. The minimum atomic E-state index is -2.83. The zero-order chi connectivity index (χ0) is 18.0. The van der Waals surface area contributed by atoms with Gasteiger partial charge in [-0.2, -0.15) is 0 Å². The second kappa shape index (κ2) is 8.05. The van der Waals surface area contributed by atoms with Gasteiger partial charge in [0, 0.05) is 13.1 Å². The van der Waals surface area contributed by atoms with Gasteiger partial charge in [-0.1, -0.05) is 19.3 Å². The molecule has 6 nitrogen and oxygen atoms in total. The van der Waals surface area contributed by atoms with Crippen molar-refractivity contribution in [1.29, 1.82) is 0 Å². The largest absolute Gasteiger partial charge is 0.373 e. The molecule has 4 aliphatic rings. The summed E-state index contributed by atoms with van der Waals surface area (Å²) >= 11 is 0. The van der Waals surface area contributed by atoms with Crippen LogP contribution >= 0.6 is 0 Å². The van der Waals surface area contributed by atoms with Crippen molar-refractivity contribution < 1.29 is 13.2 Å². The number of ether oxygens (including phenoxy) is 1. The molecule has 4 atom stereocenters. The topological polar surface area (TPSA) is 79.8 Å². The third kappa shape index (κ3) is 4.71. The van der Waals surface area contributed by atoms with Crippen molar-refractivity contribution in [2.24, 2.45) is 16.8 Å². The second-order valence-electron chi connectivity index (χ2n) is 8.70. The lowest BCUT2D eigenvalue weighted by Gasteiger charge is -2.26. The predicted octanol–water partition coefficient (Wildman–Crippen LogP) is 1.86. The van der Waals surface area contributed by atoms with Gasteiger partial charge < -0.3 is 15.4 Å². The monoisotopic (exact) mass is 383 g/mol. The molecule has 148 valence electrons. The highest BCUT2D eigenvalue weighted by atomic mass is 32.2. The van der Waals surface area contributed by atoms with E-state index >= 15 is 0 Å². The third-order valence-electron chi connectivity index (χ3n) is 6.55. The maximum absolute atomic E-state index is 11.7. The highest BCUT2D eigenvalue weighted by Crippen LogP contribution is 2.34. The molecule has 4 rings (SSSR count). The fourth-order valence-electron chi connectivity index (χ4n) is 4.99. The first-order valence-corrected chi connectivity index (χ1v) is 12.3. The number of nitrogens with zero attached hydrogens (tertiary/aromatic N) is 1. The third-order valence-corrected chi connectivity index (χ3v) is 8.38. The maximum Gasteiger partial charge on any atom is 0.191 e. The molecule has 4 unspecified atom stereocenters. The lowest BCUT2D eigenvalue weighted by molar-refractivity contribution is 0.0992. The summed E-state index contributed by atoms with van der Waals surface area (Å²) in [6.07, 6.45) is 11.5. The van der Waals surface area contributed by atoms with Gasteiger partial charge >= 0.3 is 0 Å². The molecule has 26 heavy (non-hydrogen) atoms. The number of guanidine groups is 1. The lowest BCUT2D eigenvalue weighted by atomic mass is 9.89. The number of rotatable bonds is 5. The summed E-state index contributed by atoms with van der Waals surface area (Å²) in [6, 6.07) is 0.346. The van der Waals surface area contributed by atoms with Gasteiger partial charge in [-0.05, 0) is 50.4 Å². The van der Waals surface area contributed by atoms with Gasteiger partial charge in [-0.15, -0.1) is 0 Å². The Morgan fingerprint density at radius 2 is 1.88 bits per heavy atom. The average molecular weight is 384 g/mol. The van der Waals surface area contributed by atoms with Crippen LogP contribution in [0.4, 0.5) is 0 Å². The fourth-order valence-corrected chi connectivity index (χ4v) is 6.84. The van der Waals surface area contributed by atoms with E-state index in [1.54, 1.807) is 0 Å². The summed E-state index contributed by atoms with van der Waals surface area (Å²) in [6.45, 7) is 1.57. The Bertz CT molecular complexity index is 616. The van der Waals surface area contributed by atoms with Crippen LogP contribution in [0, 0.1) is 11.8 Å². The minimum absolute atomic E-state index is 0.171. The Morgan fingerprint density at radius 3 is 2.54 bits per heavy atom. The van der Waals surface area contributed by atoms with Gasteiger partial charge in [-0.25, -0.2) is 8.42 Å². The normalized spacial score (nSPS) is 37.2. The number of sulfone groups is 1. The van der Waals surface area contributed by atoms with Gasteiger partial charge in [-0.3, -0.25) is 4.99 Å². The van der Waals surface area contributed by atoms with Crippen LogP contribution < -0.4 is 10.6 Å². The van der Waals surface area contributed by atoms with Crippen molar-refractivity contribution in [3.63, 3.8) is 0 Å². The van der Waals surface area contributed by atoms with Crippen LogP contribution in [-0.4, -0.2) is 57.2 Å². The Kier molecular flexibility index (Phi) is 5.74. The molecule has 1 aliphatic carbocycles. The number of nitrogens with one attached hydrogen (secondary N) is 2. The SMILES string of the molecule is O=S1(=O)CCC(CN=C(NCC2CCCCC2)NC2CC3CCC2O3)C1. The first-order valence-electron chi connectivity index (χ1n) is 10.5. The van der Waals surface area contributed by atoms with Gasteiger partial charge in [0.2, 0.25) is 0 Å². The molecule has 0 spiro atoms. The number of hydrogen-bond acceptors (Lipinski definition) is 4. The summed E-state index contributed by atoms with van der Waals surface area (Å²) in [5.41, 5.74) is 0. The van der Waals surface area contributed by atoms with Crippen molar-refractivity contribution in [2.45, 2.75) is 76.0 Å². The molecular formula is C19H33N3O3S. The maximum atomic E-state index is 11.7. The van der Waals surface area contributed by atoms with Crippen LogP contribution in [0.3, 0.4) is 0 Å². The van der Waals surface area contributed by atoms with E-state index in [0.717, 1.165) is 37.7 Å². The van der Waals surface area contributed by atoms with Crippen LogP contribution in [-0.2, 0) is 14.6 Å². The molecule has 2 bridgehead atoms. The van der Waals surface area contributed by atoms with Crippen LogP contribution in [0.1, 0.15) is 57.8 Å². The van der Waals surface area contributed by atoms with E-state index in [9.17, 15) is 8.42 Å². The average Bonchev–Trinajstić information content (AvgIpc) is 3.33. The first kappa shape index (κ1) is 18.5. The van der Waals surface area contributed by atoms with Crippen LogP contribution in [0.2, 0.25) is 0 Å². The molecule has 0 radical (unpaired) electrons. The Labute approximate surface area is 157 Å². The standard InChI is InChI=1S/C19H33N3O3S/c23-26(24)9-8-15(13-26)12-21-19(20-11-14-4-2-1-3-5-14)22-17-10-16-6-7-18(17)25-16/h14-18H,1-13H2,(H2,20,21,22). The summed E-state index contributed by atoms with van der Waals surface area (Å²) in [4.78, 5) is 4.78. The quantitative estimate of drug-likeness (QED) is 0.559. The molecule has 0 amide bonds. The van der Waals surface area contributed by atoms with Crippen molar-refractivity contribution >= 4 is 15.8 Å². The molecule has 0 aromatic carbocycles. The van der Waals surface area contributed by atoms with E-state index in [0.29, 0.717) is 36.3 Å². The van der Waals surface area contributed by atoms with Crippen LogP contribution in [0.15, 0.2) is 4.99 Å². The van der Waals surface area contributed by atoms with Gasteiger partial charge in [0.15, 0.2) is 15.8 Å². The Morgan fingerprint density at radius 1 is 1.04 bits per heavy atom. The van der Waals surface area contributed by atoms with Gasteiger partial charge in [0.05, 0.1) is 29.8 Å². The van der Waals surface area contributed by atoms with Crippen molar-refractivity contribution in [1.82, 2.24) is 10.6 Å². The summed E-state index contributed by atoms with van der Waals surface area (Å²) < 4.78 is 29.3. The number of hydrogen-bond donors (Lipinski definition) is 2. The molecule has 4 fully saturated rings. The second-order valence-corrected chi connectivity index (χ2v) is 10.9. The Hall–Kier alpha value is -0.820. The molecule has 1 saturated carbocycles. The molecule has 7 heteroatoms. The minimum Gasteiger partial charge on any atom is -0.373 e. The summed E-state index contributed by atoms with van der Waals surface area (Å²) in [5.74, 6) is 2.39. The molecule has 2 N–H and O–H groups in total. The van der Waals surface area contributed by atoms with E-state index in [-0.39, 0.29) is 5.92 Å². The molecule has 3 saturated heterocycles. The summed E-state index contributed by atoms with van der Waals surface area (Å²) in [5, 5.41) is 7.15. The highest BCUT2D eigenvalue weighted by molar-refractivity contribution is 7.91. The highest BCUT2D eigenvalue weighted by Gasteiger charge is 2.41. The van der Waals surface area contributed by atoms with Crippen molar-refractivity contribution in [2.75, 3.05) is 24.6 Å². The van der Waals surface area contributed by atoms with Crippen molar-refractivity contribution in [3.05, 3.63) is 0 Å². The van der Waals surface area contributed by atoms with Crippen LogP contribution in [0.5, 0.6) is 0 Å². The van der Waals surface area contributed by atoms with E-state index < -0.39 is 9.84 Å². The molecular weight excluding hydrogens is 350 g/mol.